The molecule has 1 amide bonds. The fourth-order valence-corrected chi connectivity index (χ4v) is 4.74. The summed E-state index contributed by atoms with van der Waals surface area (Å²) in [5, 5.41) is 0.877. The SMILES string of the molecule is C[C@@H]1[C@@H](C)N(S(C)(=O)=O)CCN1C(=O)c1c[nH]c2cc(Cl)ccc2c1=O. The van der Waals surface area contributed by atoms with Gasteiger partial charge in [0.1, 0.15) is 5.56 Å². The zero-order valence-electron chi connectivity index (χ0n) is 14.7. The van der Waals surface area contributed by atoms with E-state index in [0.717, 1.165) is 6.26 Å². The van der Waals surface area contributed by atoms with Crippen molar-refractivity contribution in [3.8, 4) is 0 Å². The Morgan fingerprint density at radius 2 is 1.92 bits per heavy atom. The zero-order valence-corrected chi connectivity index (χ0v) is 16.3. The number of sulfonamides is 1. The van der Waals surface area contributed by atoms with Gasteiger partial charge in [-0.1, -0.05) is 11.6 Å². The molecule has 0 spiro atoms. The van der Waals surface area contributed by atoms with Gasteiger partial charge in [-0.15, -0.1) is 0 Å². The first-order valence-electron chi connectivity index (χ1n) is 8.20. The smallest absolute Gasteiger partial charge is 0.259 e. The van der Waals surface area contributed by atoms with Crippen molar-refractivity contribution in [1.29, 1.82) is 0 Å². The molecule has 2 heterocycles. The van der Waals surface area contributed by atoms with Gasteiger partial charge in [-0.25, -0.2) is 8.42 Å². The molecule has 2 atom stereocenters. The number of nitrogens with zero attached hydrogens (tertiary/aromatic N) is 2. The molecule has 3 rings (SSSR count). The molecule has 0 saturated carbocycles. The van der Waals surface area contributed by atoms with Crippen molar-refractivity contribution >= 4 is 38.4 Å². The van der Waals surface area contributed by atoms with Crippen LogP contribution in [0, 0.1) is 0 Å². The third-order valence-electron chi connectivity index (χ3n) is 4.97. The Kier molecular flexibility index (Phi) is 4.85. The Hall–Kier alpha value is -1.90. The molecule has 9 heteroatoms. The molecule has 0 bridgehead atoms. The van der Waals surface area contributed by atoms with E-state index in [9.17, 15) is 18.0 Å². The van der Waals surface area contributed by atoms with Crippen LogP contribution in [0.15, 0.2) is 29.2 Å². The Morgan fingerprint density at radius 1 is 1.23 bits per heavy atom. The summed E-state index contributed by atoms with van der Waals surface area (Å²) in [6.45, 7) is 3.99. The molecule has 140 valence electrons. The minimum Gasteiger partial charge on any atom is -0.360 e. The largest absolute Gasteiger partial charge is 0.360 e. The predicted octanol–water partition coefficient (Wildman–Crippen LogP) is 1.68. The Labute approximate surface area is 156 Å². The van der Waals surface area contributed by atoms with Crippen molar-refractivity contribution in [2.24, 2.45) is 0 Å². The highest BCUT2D eigenvalue weighted by Crippen LogP contribution is 2.22. The Balaban J connectivity index is 1.95. The average molecular weight is 398 g/mol. The summed E-state index contributed by atoms with van der Waals surface area (Å²) in [5.74, 6) is -0.407. The van der Waals surface area contributed by atoms with Gasteiger partial charge in [0.05, 0.1) is 11.8 Å². The predicted molar refractivity (Wildman–Crippen MR) is 101 cm³/mol. The first-order chi connectivity index (χ1) is 12.1. The molecule has 0 radical (unpaired) electrons. The van der Waals surface area contributed by atoms with Crippen LogP contribution in [0.3, 0.4) is 0 Å². The molecule has 1 aromatic heterocycles. The highest BCUT2D eigenvalue weighted by molar-refractivity contribution is 7.88. The molecule has 7 nitrogen and oxygen atoms in total. The van der Waals surface area contributed by atoms with Gasteiger partial charge in [0.15, 0.2) is 0 Å². The number of H-pyrrole nitrogens is 1. The van der Waals surface area contributed by atoms with E-state index < -0.39 is 15.9 Å². The fraction of sp³-hybridized carbons (Fsp3) is 0.412. The number of halogens is 1. The third-order valence-corrected chi connectivity index (χ3v) is 6.57. The van der Waals surface area contributed by atoms with Crippen molar-refractivity contribution in [2.75, 3.05) is 19.3 Å². The second-order valence-corrected chi connectivity index (χ2v) is 8.95. The maximum atomic E-state index is 13.0. The second-order valence-electron chi connectivity index (χ2n) is 6.57. The second kappa shape index (κ2) is 6.68. The van der Waals surface area contributed by atoms with Gasteiger partial charge in [0.25, 0.3) is 5.91 Å². The molecule has 0 aliphatic carbocycles. The van der Waals surface area contributed by atoms with Crippen LogP contribution in [0.4, 0.5) is 0 Å². The van der Waals surface area contributed by atoms with E-state index in [0.29, 0.717) is 15.9 Å². The fourth-order valence-electron chi connectivity index (χ4n) is 3.38. The van der Waals surface area contributed by atoms with E-state index >= 15 is 0 Å². The van der Waals surface area contributed by atoms with Crippen LogP contribution < -0.4 is 5.43 Å². The Morgan fingerprint density at radius 3 is 2.58 bits per heavy atom. The average Bonchev–Trinajstić information content (AvgIpc) is 2.55. The van der Waals surface area contributed by atoms with Crippen molar-refractivity contribution in [2.45, 2.75) is 25.9 Å². The van der Waals surface area contributed by atoms with Crippen LogP contribution in [0.5, 0.6) is 0 Å². The lowest BCUT2D eigenvalue weighted by Gasteiger charge is -2.43. The van der Waals surface area contributed by atoms with Crippen molar-refractivity contribution in [3.05, 3.63) is 45.2 Å². The van der Waals surface area contributed by atoms with Crippen LogP contribution in [-0.2, 0) is 10.0 Å². The molecular formula is C17H20ClN3O4S. The van der Waals surface area contributed by atoms with Crippen LogP contribution in [0.25, 0.3) is 10.9 Å². The summed E-state index contributed by atoms with van der Waals surface area (Å²) in [6.07, 6.45) is 2.55. The molecule has 1 N–H and O–H groups in total. The first-order valence-corrected chi connectivity index (χ1v) is 10.4. The molecule has 26 heavy (non-hydrogen) atoms. The molecule has 0 unspecified atom stereocenters. The third kappa shape index (κ3) is 3.24. The minimum atomic E-state index is -3.35. The van der Waals surface area contributed by atoms with Crippen LogP contribution >= 0.6 is 11.6 Å². The van der Waals surface area contributed by atoms with Gasteiger partial charge in [0.2, 0.25) is 15.5 Å². The van der Waals surface area contributed by atoms with E-state index in [1.54, 1.807) is 36.9 Å². The molecule has 1 saturated heterocycles. The molecule has 1 fully saturated rings. The number of hydrogen-bond donors (Lipinski definition) is 1. The molecule has 1 aromatic carbocycles. The van der Waals surface area contributed by atoms with Gasteiger partial charge in [-0.3, -0.25) is 9.59 Å². The summed E-state index contributed by atoms with van der Waals surface area (Å²) < 4.78 is 25.1. The number of aromatic amines is 1. The molecule has 2 aromatic rings. The van der Waals surface area contributed by atoms with Crippen molar-refractivity contribution in [1.82, 2.24) is 14.2 Å². The number of hydrogen-bond acceptors (Lipinski definition) is 4. The maximum absolute atomic E-state index is 13.0. The number of piperazine rings is 1. The van der Waals surface area contributed by atoms with Crippen molar-refractivity contribution < 1.29 is 13.2 Å². The zero-order chi connectivity index (χ0) is 19.2. The van der Waals surface area contributed by atoms with Gasteiger partial charge in [-0.2, -0.15) is 4.31 Å². The number of carbonyl (C=O) groups excluding carboxylic acids is 1. The van der Waals surface area contributed by atoms with E-state index in [4.69, 9.17) is 11.6 Å². The van der Waals surface area contributed by atoms with Gasteiger partial charge in [-0.05, 0) is 32.0 Å². The van der Waals surface area contributed by atoms with E-state index in [2.05, 4.69) is 4.98 Å². The Bertz CT molecular complexity index is 1030. The number of aromatic nitrogens is 1. The van der Waals surface area contributed by atoms with E-state index in [1.807, 2.05) is 0 Å². The maximum Gasteiger partial charge on any atom is 0.259 e. The molecule has 1 aliphatic rings. The van der Waals surface area contributed by atoms with E-state index in [-0.39, 0.29) is 36.2 Å². The molecule has 1 aliphatic heterocycles. The summed E-state index contributed by atoms with van der Waals surface area (Å²) in [5.41, 5.74) is 0.222. The van der Waals surface area contributed by atoms with Gasteiger partial charge < -0.3 is 9.88 Å². The highest BCUT2D eigenvalue weighted by Gasteiger charge is 2.38. The van der Waals surface area contributed by atoms with Crippen LogP contribution in [0.1, 0.15) is 24.2 Å². The van der Waals surface area contributed by atoms with Gasteiger partial charge >= 0.3 is 0 Å². The quantitative estimate of drug-likeness (QED) is 0.834. The number of carbonyl (C=O) groups is 1. The topological polar surface area (TPSA) is 90.6 Å². The summed E-state index contributed by atoms with van der Waals surface area (Å²) in [6, 6.07) is 4.08. The summed E-state index contributed by atoms with van der Waals surface area (Å²) in [4.78, 5) is 30.2. The summed E-state index contributed by atoms with van der Waals surface area (Å²) in [7, 11) is -3.35. The lowest BCUT2D eigenvalue weighted by molar-refractivity contribution is 0.0482. The van der Waals surface area contributed by atoms with Gasteiger partial charge in [0, 0.05) is 41.8 Å². The number of pyridine rings is 1. The molecular weight excluding hydrogens is 378 g/mol. The minimum absolute atomic E-state index is 0.0340. The number of amides is 1. The van der Waals surface area contributed by atoms with Crippen LogP contribution in [0.2, 0.25) is 5.02 Å². The number of rotatable bonds is 2. The lowest BCUT2D eigenvalue weighted by Crippen LogP contribution is -2.60. The monoisotopic (exact) mass is 397 g/mol. The highest BCUT2D eigenvalue weighted by atomic mass is 35.5. The lowest BCUT2D eigenvalue weighted by atomic mass is 10.0. The van der Waals surface area contributed by atoms with E-state index in [1.165, 1.54) is 10.5 Å². The number of nitrogens with one attached hydrogen (secondary N) is 1. The standard InChI is InChI=1S/C17H20ClN3O4S/c1-10-11(2)21(26(3,24)25)7-6-20(10)17(23)14-9-19-15-8-12(18)4-5-13(15)16(14)22/h4-5,8-11H,6-7H2,1-3H3,(H,19,22)/t10-,11-/m1/s1. The number of benzene rings is 1. The first kappa shape index (κ1) is 18.9. The van der Waals surface area contributed by atoms with Crippen LogP contribution in [-0.4, -0.2) is 59.9 Å². The normalized spacial score (nSPS) is 21.9. The summed E-state index contributed by atoms with van der Waals surface area (Å²) >= 11 is 5.93. The van der Waals surface area contributed by atoms with Crippen molar-refractivity contribution in [3.63, 3.8) is 0 Å². The number of fused-ring (bicyclic) bond motifs is 1.